The fraction of sp³-hybridized carbons (Fsp3) is 0.312. The van der Waals surface area contributed by atoms with Crippen LogP contribution in [-0.2, 0) is 16.0 Å². The Labute approximate surface area is 160 Å². The number of ether oxygens (including phenoxy) is 2. The third-order valence-corrected chi connectivity index (χ3v) is 3.75. The average molecular weight is 423 g/mol. The van der Waals surface area contributed by atoms with Crippen LogP contribution in [0.15, 0.2) is 22.6 Å². The van der Waals surface area contributed by atoms with Crippen LogP contribution in [0.1, 0.15) is 18.2 Å². The van der Waals surface area contributed by atoms with E-state index in [0.29, 0.717) is 10.8 Å². The summed E-state index contributed by atoms with van der Waals surface area (Å²) in [7, 11) is 0. The van der Waals surface area contributed by atoms with E-state index >= 15 is 0 Å². The molecule has 0 aliphatic rings. The molecule has 12 heteroatoms. The van der Waals surface area contributed by atoms with Crippen molar-refractivity contribution in [1.82, 2.24) is 4.98 Å². The Morgan fingerprint density at radius 2 is 2.00 bits per heavy atom. The van der Waals surface area contributed by atoms with E-state index in [9.17, 15) is 26.7 Å². The first-order chi connectivity index (χ1) is 13.2. The van der Waals surface area contributed by atoms with Gasteiger partial charge in [0.15, 0.2) is 24.0 Å². The molecule has 0 unspecified atom stereocenters. The molecule has 0 amide bonds. The van der Waals surface area contributed by atoms with Crippen molar-refractivity contribution < 1.29 is 36.2 Å². The van der Waals surface area contributed by atoms with Gasteiger partial charge in [-0.1, -0.05) is 0 Å². The van der Waals surface area contributed by atoms with Gasteiger partial charge in [-0.25, -0.2) is 13.8 Å². The number of nitrogens with one attached hydrogen (secondary N) is 1. The summed E-state index contributed by atoms with van der Waals surface area (Å²) < 4.78 is 72.7. The number of carbonyl (C=O) groups excluding carboxylic acids is 1. The number of benzene rings is 1. The number of rotatable bonds is 8. The number of anilines is 1. The van der Waals surface area contributed by atoms with Crippen LogP contribution in [0.3, 0.4) is 0 Å². The van der Waals surface area contributed by atoms with Crippen molar-refractivity contribution in [2.75, 3.05) is 18.6 Å². The lowest BCUT2D eigenvalue weighted by atomic mass is 10.2. The van der Waals surface area contributed by atoms with E-state index in [1.54, 1.807) is 12.3 Å². The standard InChI is InChI=1S/C16H14F5N3O3S/c1-2-26-13(25)5-10-7-28-15(23-10)24-22-6-9-3-11(17)14(12(18)4-9)27-8-16(19,20)21/h3-4,6-7H,2,5,8H2,1H3,(H,23,24). The number of hydrogen-bond donors (Lipinski definition) is 1. The second kappa shape index (κ2) is 9.44. The number of halogens is 5. The summed E-state index contributed by atoms with van der Waals surface area (Å²) in [6, 6.07) is 1.54. The summed E-state index contributed by atoms with van der Waals surface area (Å²) in [5.41, 5.74) is 2.93. The molecule has 1 aromatic carbocycles. The smallest absolute Gasteiger partial charge is 0.422 e. The Bertz CT molecular complexity index is 831. The molecule has 0 radical (unpaired) electrons. The van der Waals surface area contributed by atoms with Crippen molar-refractivity contribution in [2.45, 2.75) is 19.5 Å². The van der Waals surface area contributed by atoms with E-state index in [0.717, 1.165) is 29.7 Å². The van der Waals surface area contributed by atoms with Crippen LogP contribution in [0.25, 0.3) is 0 Å². The van der Waals surface area contributed by atoms with Crippen molar-refractivity contribution in [3.8, 4) is 5.75 Å². The molecule has 0 bridgehead atoms. The number of carbonyl (C=O) groups is 1. The summed E-state index contributed by atoms with van der Waals surface area (Å²) in [6.45, 7) is 0.126. The Balaban J connectivity index is 1.97. The van der Waals surface area contributed by atoms with Gasteiger partial charge in [-0.3, -0.25) is 10.2 Å². The van der Waals surface area contributed by atoms with Gasteiger partial charge in [0, 0.05) is 10.9 Å². The van der Waals surface area contributed by atoms with Gasteiger partial charge >= 0.3 is 12.1 Å². The molecule has 0 fully saturated rings. The van der Waals surface area contributed by atoms with Crippen LogP contribution in [0.2, 0.25) is 0 Å². The highest BCUT2D eigenvalue weighted by Crippen LogP contribution is 2.25. The fourth-order valence-corrected chi connectivity index (χ4v) is 2.57. The number of hydrogen-bond acceptors (Lipinski definition) is 7. The van der Waals surface area contributed by atoms with E-state index in [2.05, 4.69) is 20.2 Å². The van der Waals surface area contributed by atoms with E-state index in [1.807, 2.05) is 0 Å². The lowest BCUT2D eigenvalue weighted by molar-refractivity contribution is -0.154. The Morgan fingerprint density at radius 1 is 1.32 bits per heavy atom. The largest absolute Gasteiger partial charge is 0.478 e. The monoisotopic (exact) mass is 423 g/mol. The molecule has 0 spiro atoms. The van der Waals surface area contributed by atoms with E-state index in [4.69, 9.17) is 4.74 Å². The molecule has 28 heavy (non-hydrogen) atoms. The Kier molecular flexibility index (Phi) is 7.26. The van der Waals surface area contributed by atoms with Gasteiger partial charge < -0.3 is 9.47 Å². The maximum Gasteiger partial charge on any atom is 0.422 e. The predicted molar refractivity (Wildman–Crippen MR) is 91.6 cm³/mol. The van der Waals surface area contributed by atoms with E-state index in [-0.39, 0.29) is 18.6 Å². The molecule has 0 aliphatic carbocycles. The van der Waals surface area contributed by atoms with Crippen LogP contribution in [0.5, 0.6) is 5.75 Å². The van der Waals surface area contributed by atoms with E-state index in [1.165, 1.54) is 0 Å². The minimum Gasteiger partial charge on any atom is -0.478 e. The third-order valence-electron chi connectivity index (χ3n) is 2.96. The van der Waals surface area contributed by atoms with E-state index < -0.39 is 36.1 Å². The molecule has 152 valence electrons. The number of nitrogens with zero attached hydrogens (tertiary/aromatic N) is 2. The van der Waals surface area contributed by atoms with Gasteiger partial charge in [-0.15, -0.1) is 11.3 Å². The summed E-state index contributed by atoms with van der Waals surface area (Å²) >= 11 is 1.14. The number of thiazole rings is 1. The van der Waals surface area contributed by atoms with Crippen molar-refractivity contribution in [3.63, 3.8) is 0 Å². The zero-order valence-corrected chi connectivity index (χ0v) is 15.2. The number of alkyl halides is 3. The lowest BCUT2D eigenvalue weighted by Crippen LogP contribution is -2.20. The summed E-state index contributed by atoms with van der Waals surface area (Å²) in [4.78, 5) is 15.4. The molecular formula is C16H14F5N3O3S. The molecule has 0 saturated carbocycles. The quantitative estimate of drug-likeness (QED) is 0.302. The maximum absolute atomic E-state index is 13.8. The normalized spacial score (nSPS) is 11.6. The van der Waals surface area contributed by atoms with Crippen LogP contribution >= 0.6 is 11.3 Å². The first kappa shape index (κ1) is 21.5. The van der Waals surface area contributed by atoms with Crippen molar-refractivity contribution >= 4 is 28.7 Å². The minimum absolute atomic E-state index is 0.00839. The summed E-state index contributed by atoms with van der Waals surface area (Å²) in [6.07, 6.45) is -3.68. The molecule has 1 N–H and O–H groups in total. The zero-order valence-electron chi connectivity index (χ0n) is 14.3. The second-order valence-electron chi connectivity index (χ2n) is 5.21. The summed E-state index contributed by atoms with van der Waals surface area (Å²) in [5, 5.41) is 5.67. The van der Waals surface area contributed by atoms with Crippen LogP contribution < -0.4 is 10.2 Å². The van der Waals surface area contributed by atoms with Gasteiger partial charge in [0.1, 0.15) is 0 Å². The molecule has 2 aromatic rings. The highest BCUT2D eigenvalue weighted by Gasteiger charge is 2.29. The number of aromatic nitrogens is 1. The molecule has 2 rings (SSSR count). The fourth-order valence-electron chi connectivity index (χ4n) is 1.91. The molecular weight excluding hydrogens is 409 g/mol. The Morgan fingerprint density at radius 3 is 2.61 bits per heavy atom. The molecule has 1 aromatic heterocycles. The molecule has 6 nitrogen and oxygen atoms in total. The first-order valence-corrected chi connectivity index (χ1v) is 8.63. The zero-order chi connectivity index (χ0) is 20.7. The topological polar surface area (TPSA) is 72.8 Å². The molecule has 0 saturated heterocycles. The maximum atomic E-state index is 13.8. The second-order valence-corrected chi connectivity index (χ2v) is 6.07. The highest BCUT2D eigenvalue weighted by atomic mass is 32.1. The molecule has 1 heterocycles. The van der Waals surface area contributed by atoms with Crippen LogP contribution in [-0.4, -0.2) is 36.6 Å². The predicted octanol–water partition coefficient (Wildman–Crippen LogP) is 3.91. The van der Waals surface area contributed by atoms with Gasteiger partial charge in [-0.2, -0.15) is 18.3 Å². The lowest BCUT2D eigenvalue weighted by Gasteiger charge is -2.11. The van der Waals surface area contributed by atoms with Crippen LogP contribution in [0, 0.1) is 11.6 Å². The highest BCUT2D eigenvalue weighted by molar-refractivity contribution is 7.13. The first-order valence-electron chi connectivity index (χ1n) is 7.75. The van der Waals surface area contributed by atoms with Gasteiger partial charge in [0.2, 0.25) is 5.13 Å². The van der Waals surface area contributed by atoms with Crippen molar-refractivity contribution in [1.29, 1.82) is 0 Å². The van der Waals surface area contributed by atoms with Gasteiger partial charge in [0.25, 0.3) is 0 Å². The Hall–Kier alpha value is -2.76. The average Bonchev–Trinajstić information content (AvgIpc) is 3.00. The van der Waals surface area contributed by atoms with Gasteiger partial charge in [-0.05, 0) is 19.1 Å². The third kappa shape index (κ3) is 6.76. The van der Waals surface area contributed by atoms with Gasteiger partial charge in [0.05, 0.1) is 24.9 Å². The SMILES string of the molecule is CCOC(=O)Cc1csc(NN=Cc2cc(F)c(OCC(F)(F)F)c(F)c2)n1. The van der Waals surface area contributed by atoms with Crippen LogP contribution in [0.4, 0.5) is 27.1 Å². The minimum atomic E-state index is -4.72. The number of hydrazone groups is 1. The summed E-state index contributed by atoms with van der Waals surface area (Å²) in [5.74, 6) is -4.14. The van der Waals surface area contributed by atoms with Crippen molar-refractivity contribution in [2.24, 2.45) is 5.10 Å². The molecule has 0 atom stereocenters. The number of esters is 1. The van der Waals surface area contributed by atoms with Crippen molar-refractivity contribution in [3.05, 3.63) is 40.4 Å². The molecule has 0 aliphatic heterocycles.